The van der Waals surface area contributed by atoms with Crippen molar-refractivity contribution in [2.75, 3.05) is 0 Å². The average Bonchev–Trinajstić information content (AvgIpc) is 2.82. The summed E-state index contributed by atoms with van der Waals surface area (Å²) in [5.41, 5.74) is 6.86. The molecule has 0 amide bonds. The molecule has 1 aromatic carbocycles. The van der Waals surface area contributed by atoms with Crippen LogP contribution >= 0.6 is 11.6 Å². The van der Waals surface area contributed by atoms with E-state index in [9.17, 15) is 4.39 Å². The molecular formula is C12H11ClFN3. The minimum atomic E-state index is -0.436. The summed E-state index contributed by atoms with van der Waals surface area (Å²) >= 11 is 6.10. The van der Waals surface area contributed by atoms with Crippen molar-refractivity contribution in [3.05, 3.63) is 58.9 Å². The zero-order valence-electron chi connectivity index (χ0n) is 9.00. The first-order valence-corrected chi connectivity index (χ1v) is 5.39. The molecule has 0 saturated heterocycles. The molecule has 2 aromatic rings. The highest BCUT2D eigenvalue weighted by Gasteiger charge is 2.16. The maximum absolute atomic E-state index is 13.8. The van der Waals surface area contributed by atoms with Crippen molar-refractivity contribution < 1.29 is 4.39 Å². The number of nitrogens with one attached hydrogen (secondary N) is 1. The highest BCUT2D eigenvalue weighted by Crippen LogP contribution is 2.31. The van der Waals surface area contributed by atoms with Gasteiger partial charge in [0.05, 0.1) is 5.02 Å². The Kier molecular flexibility index (Phi) is 3.26. The van der Waals surface area contributed by atoms with Gasteiger partial charge in [0.25, 0.3) is 0 Å². The molecule has 5 heteroatoms. The molecule has 0 spiro atoms. The molecule has 0 radical (unpaired) electrons. The lowest BCUT2D eigenvalue weighted by molar-refractivity contribution is 0.623. The second-order valence-corrected chi connectivity index (χ2v) is 3.89. The van der Waals surface area contributed by atoms with Gasteiger partial charge < -0.3 is 10.7 Å². The molecule has 0 aliphatic rings. The van der Waals surface area contributed by atoms with Crippen molar-refractivity contribution in [2.24, 2.45) is 5.73 Å². The number of rotatable bonds is 3. The molecule has 0 unspecified atom stereocenters. The third-order valence-electron chi connectivity index (χ3n) is 2.48. The topological polar surface area (TPSA) is 54.7 Å². The highest BCUT2D eigenvalue weighted by atomic mass is 35.5. The summed E-state index contributed by atoms with van der Waals surface area (Å²) in [6.45, 7) is 4.05. The third kappa shape index (κ3) is 2.09. The summed E-state index contributed by atoms with van der Waals surface area (Å²) in [5, 5.41) is 0.286. The molecule has 0 atom stereocenters. The van der Waals surface area contributed by atoms with Crippen molar-refractivity contribution in [1.29, 1.82) is 0 Å². The highest BCUT2D eigenvalue weighted by molar-refractivity contribution is 6.33. The van der Waals surface area contributed by atoms with E-state index < -0.39 is 5.82 Å². The molecule has 0 bridgehead atoms. The fraction of sp³-hybridized carbons (Fsp3) is 0.0833. The smallest absolute Gasteiger partial charge is 0.137 e. The predicted molar refractivity (Wildman–Crippen MR) is 66.0 cm³/mol. The Hall–Kier alpha value is -1.65. The van der Waals surface area contributed by atoms with Crippen LogP contribution in [0.3, 0.4) is 0 Å². The minimum absolute atomic E-state index is 0.240. The standard InChI is InChI=1S/C12H11ClFN3/c1-7(12-16-4-5-17-12)10-9(14)3-2-8(6-15)11(10)13/h2-5H,1,6,15H2,(H,16,17). The Morgan fingerprint density at radius 1 is 1.53 bits per heavy atom. The number of benzene rings is 1. The molecule has 2 rings (SSSR count). The number of hydrogen-bond donors (Lipinski definition) is 2. The molecule has 0 fully saturated rings. The third-order valence-corrected chi connectivity index (χ3v) is 2.91. The Bertz CT molecular complexity index is 549. The maximum atomic E-state index is 13.8. The normalized spacial score (nSPS) is 10.5. The van der Waals surface area contributed by atoms with Crippen molar-refractivity contribution in [3.8, 4) is 0 Å². The second-order valence-electron chi connectivity index (χ2n) is 3.52. The quantitative estimate of drug-likeness (QED) is 0.881. The van der Waals surface area contributed by atoms with E-state index in [1.54, 1.807) is 18.5 Å². The lowest BCUT2D eigenvalue weighted by atomic mass is 10.0. The number of aromatic amines is 1. The van der Waals surface area contributed by atoms with E-state index in [-0.39, 0.29) is 17.1 Å². The minimum Gasteiger partial charge on any atom is -0.345 e. The summed E-state index contributed by atoms with van der Waals surface area (Å²) in [6, 6.07) is 2.90. The van der Waals surface area contributed by atoms with Crippen LogP contribution in [-0.4, -0.2) is 9.97 Å². The number of imidazole rings is 1. The fourth-order valence-corrected chi connectivity index (χ4v) is 1.92. The lowest BCUT2D eigenvalue weighted by Gasteiger charge is -2.10. The van der Waals surface area contributed by atoms with E-state index in [2.05, 4.69) is 16.5 Å². The van der Waals surface area contributed by atoms with Crippen molar-refractivity contribution in [2.45, 2.75) is 6.54 Å². The van der Waals surface area contributed by atoms with Gasteiger partial charge in [-0.05, 0) is 11.6 Å². The van der Waals surface area contributed by atoms with E-state index in [1.165, 1.54) is 6.07 Å². The van der Waals surface area contributed by atoms with Gasteiger partial charge in [-0.2, -0.15) is 0 Å². The van der Waals surface area contributed by atoms with Crippen LogP contribution in [0.4, 0.5) is 4.39 Å². The van der Waals surface area contributed by atoms with E-state index in [1.807, 2.05) is 0 Å². The van der Waals surface area contributed by atoms with Gasteiger partial charge in [-0.1, -0.05) is 24.2 Å². The van der Waals surface area contributed by atoms with Crippen molar-refractivity contribution in [3.63, 3.8) is 0 Å². The van der Waals surface area contributed by atoms with E-state index in [0.717, 1.165) is 0 Å². The summed E-state index contributed by atoms with van der Waals surface area (Å²) in [7, 11) is 0. The zero-order chi connectivity index (χ0) is 12.4. The van der Waals surface area contributed by atoms with Crippen LogP contribution < -0.4 is 5.73 Å². The molecule has 17 heavy (non-hydrogen) atoms. The molecule has 0 aliphatic carbocycles. The Morgan fingerprint density at radius 2 is 2.29 bits per heavy atom. The molecule has 88 valence electrons. The molecule has 3 nitrogen and oxygen atoms in total. The predicted octanol–water partition coefficient (Wildman–Crippen LogP) is 2.72. The Morgan fingerprint density at radius 3 is 2.88 bits per heavy atom. The molecule has 0 aliphatic heterocycles. The van der Waals surface area contributed by atoms with Crippen LogP contribution in [0.1, 0.15) is 17.0 Å². The summed E-state index contributed by atoms with van der Waals surface area (Å²) in [6.07, 6.45) is 3.21. The average molecular weight is 252 g/mol. The summed E-state index contributed by atoms with van der Waals surface area (Å²) < 4.78 is 13.8. The SMILES string of the molecule is C=C(c1ncc[nH]1)c1c(F)ccc(CN)c1Cl. The summed E-state index contributed by atoms with van der Waals surface area (Å²) in [4.78, 5) is 6.88. The van der Waals surface area contributed by atoms with Crippen LogP contribution in [0.5, 0.6) is 0 Å². The molecule has 0 saturated carbocycles. The number of hydrogen-bond acceptors (Lipinski definition) is 2. The second kappa shape index (κ2) is 4.69. The van der Waals surface area contributed by atoms with Gasteiger partial charge >= 0.3 is 0 Å². The van der Waals surface area contributed by atoms with Crippen LogP contribution in [0.25, 0.3) is 5.57 Å². The van der Waals surface area contributed by atoms with Crippen LogP contribution in [0.2, 0.25) is 5.02 Å². The van der Waals surface area contributed by atoms with Gasteiger partial charge in [0.2, 0.25) is 0 Å². The van der Waals surface area contributed by atoms with Gasteiger partial charge in [-0.3, -0.25) is 0 Å². The molecule has 3 N–H and O–H groups in total. The molecule has 1 heterocycles. The van der Waals surface area contributed by atoms with Crippen LogP contribution in [-0.2, 0) is 6.54 Å². The van der Waals surface area contributed by atoms with Crippen LogP contribution in [0, 0.1) is 5.82 Å². The molecular weight excluding hydrogens is 241 g/mol. The van der Waals surface area contributed by atoms with Gasteiger partial charge in [0.15, 0.2) is 0 Å². The van der Waals surface area contributed by atoms with E-state index in [0.29, 0.717) is 17.0 Å². The fourth-order valence-electron chi connectivity index (χ4n) is 1.58. The van der Waals surface area contributed by atoms with Gasteiger partial charge in [0.1, 0.15) is 11.6 Å². The van der Waals surface area contributed by atoms with E-state index in [4.69, 9.17) is 17.3 Å². The number of aromatic nitrogens is 2. The monoisotopic (exact) mass is 251 g/mol. The van der Waals surface area contributed by atoms with Gasteiger partial charge in [-0.15, -0.1) is 0 Å². The molecule has 1 aromatic heterocycles. The number of nitrogens with zero attached hydrogens (tertiary/aromatic N) is 1. The van der Waals surface area contributed by atoms with E-state index >= 15 is 0 Å². The first kappa shape index (κ1) is 11.8. The number of nitrogens with two attached hydrogens (primary N) is 1. The first-order chi connectivity index (χ1) is 8.15. The largest absolute Gasteiger partial charge is 0.345 e. The number of halogens is 2. The van der Waals surface area contributed by atoms with Crippen molar-refractivity contribution >= 4 is 17.2 Å². The summed E-state index contributed by atoms with van der Waals surface area (Å²) in [5.74, 6) is 0.0496. The van der Waals surface area contributed by atoms with Crippen molar-refractivity contribution in [1.82, 2.24) is 9.97 Å². The Balaban J connectivity index is 2.55. The zero-order valence-corrected chi connectivity index (χ0v) is 9.76. The maximum Gasteiger partial charge on any atom is 0.137 e. The number of H-pyrrole nitrogens is 1. The van der Waals surface area contributed by atoms with Gasteiger partial charge in [-0.25, -0.2) is 9.37 Å². The first-order valence-electron chi connectivity index (χ1n) is 5.01. The van der Waals surface area contributed by atoms with Gasteiger partial charge in [0, 0.05) is 30.1 Å². The van der Waals surface area contributed by atoms with Crippen LogP contribution in [0.15, 0.2) is 31.1 Å². The lowest BCUT2D eigenvalue weighted by Crippen LogP contribution is -2.02. The Labute approximate surface area is 103 Å².